The van der Waals surface area contributed by atoms with Gasteiger partial charge in [0.15, 0.2) is 6.61 Å². The molecular weight excluding hydrogens is 298 g/mol. The van der Waals surface area contributed by atoms with Crippen molar-refractivity contribution in [2.75, 3.05) is 26.8 Å². The van der Waals surface area contributed by atoms with Gasteiger partial charge in [-0.3, -0.25) is 4.79 Å². The maximum atomic E-state index is 12.2. The number of aryl methyl sites for hydroxylation is 1. The quantitative estimate of drug-likeness (QED) is 0.791. The number of rotatable bonds is 4. The lowest BCUT2D eigenvalue weighted by Crippen LogP contribution is -2.49. The van der Waals surface area contributed by atoms with Gasteiger partial charge in [-0.15, -0.1) is 0 Å². The van der Waals surface area contributed by atoms with Gasteiger partial charge in [0.05, 0.1) is 24.9 Å². The van der Waals surface area contributed by atoms with E-state index in [-0.39, 0.29) is 24.7 Å². The predicted octanol–water partition coefficient (Wildman–Crippen LogP) is 1.80. The van der Waals surface area contributed by atoms with Crippen LogP contribution >= 0.6 is 0 Å². The Morgan fingerprint density at radius 3 is 2.52 bits per heavy atom. The summed E-state index contributed by atoms with van der Waals surface area (Å²) in [6.07, 6.45) is -0.0282. The molecule has 2 atom stereocenters. The van der Waals surface area contributed by atoms with Crippen molar-refractivity contribution in [3.63, 3.8) is 0 Å². The fourth-order valence-electron chi connectivity index (χ4n) is 2.63. The summed E-state index contributed by atoms with van der Waals surface area (Å²) in [5, 5.41) is 0. The maximum absolute atomic E-state index is 12.2. The molecule has 0 saturated carbocycles. The molecule has 1 aromatic carbocycles. The Morgan fingerprint density at radius 1 is 1.26 bits per heavy atom. The van der Waals surface area contributed by atoms with Crippen LogP contribution in [0.1, 0.15) is 29.8 Å². The third kappa shape index (κ3) is 4.45. The minimum Gasteiger partial charge on any atom is -0.496 e. The third-order valence-electron chi connectivity index (χ3n) is 3.74. The minimum atomic E-state index is -0.536. The molecule has 0 aliphatic carbocycles. The zero-order valence-electron chi connectivity index (χ0n) is 14.0. The van der Waals surface area contributed by atoms with Gasteiger partial charge >= 0.3 is 5.97 Å². The summed E-state index contributed by atoms with van der Waals surface area (Å²) in [6.45, 7) is 6.48. The van der Waals surface area contributed by atoms with Gasteiger partial charge in [-0.2, -0.15) is 0 Å². The normalized spacial score (nSPS) is 21.0. The van der Waals surface area contributed by atoms with Gasteiger partial charge in [0.25, 0.3) is 5.91 Å². The molecule has 0 unspecified atom stereocenters. The number of carbonyl (C=O) groups excluding carboxylic acids is 2. The monoisotopic (exact) mass is 321 g/mol. The average molecular weight is 321 g/mol. The largest absolute Gasteiger partial charge is 0.496 e. The van der Waals surface area contributed by atoms with Gasteiger partial charge < -0.3 is 19.1 Å². The Labute approximate surface area is 136 Å². The molecule has 1 aliphatic heterocycles. The standard InChI is InChI=1S/C17H23NO5/c1-11-5-6-14(7-15(11)21-4)17(20)22-10-16(19)18-8-12(2)23-13(3)9-18/h5-7,12-13H,8-10H2,1-4H3/t12-,13-/m1/s1. The molecule has 1 amide bonds. The fraction of sp³-hybridized carbons (Fsp3) is 0.529. The number of morpholine rings is 1. The van der Waals surface area contributed by atoms with Crippen molar-refractivity contribution in [3.8, 4) is 5.75 Å². The molecule has 6 heteroatoms. The van der Waals surface area contributed by atoms with E-state index >= 15 is 0 Å². The Morgan fingerprint density at radius 2 is 1.91 bits per heavy atom. The van der Waals surface area contributed by atoms with Crippen LogP contribution in [-0.2, 0) is 14.3 Å². The topological polar surface area (TPSA) is 65.1 Å². The van der Waals surface area contributed by atoms with Gasteiger partial charge in [-0.1, -0.05) is 6.07 Å². The van der Waals surface area contributed by atoms with Crippen LogP contribution < -0.4 is 4.74 Å². The van der Waals surface area contributed by atoms with E-state index in [0.29, 0.717) is 24.4 Å². The summed E-state index contributed by atoms with van der Waals surface area (Å²) >= 11 is 0. The molecule has 1 aromatic rings. The predicted molar refractivity (Wildman–Crippen MR) is 84.6 cm³/mol. The van der Waals surface area contributed by atoms with E-state index in [1.54, 1.807) is 30.2 Å². The van der Waals surface area contributed by atoms with Crippen molar-refractivity contribution < 1.29 is 23.8 Å². The number of hydrogen-bond donors (Lipinski definition) is 0. The lowest BCUT2D eigenvalue weighted by atomic mass is 10.1. The molecule has 0 bridgehead atoms. The minimum absolute atomic E-state index is 0.0141. The van der Waals surface area contributed by atoms with Crippen LogP contribution in [-0.4, -0.2) is 55.8 Å². The molecule has 1 heterocycles. The molecule has 23 heavy (non-hydrogen) atoms. The van der Waals surface area contributed by atoms with Crippen molar-refractivity contribution >= 4 is 11.9 Å². The second-order valence-corrected chi connectivity index (χ2v) is 5.82. The number of methoxy groups -OCH3 is 1. The van der Waals surface area contributed by atoms with Crippen LogP contribution in [0, 0.1) is 6.92 Å². The highest BCUT2D eigenvalue weighted by atomic mass is 16.5. The van der Waals surface area contributed by atoms with Crippen LogP contribution in [0.5, 0.6) is 5.75 Å². The molecule has 1 saturated heterocycles. The molecule has 1 fully saturated rings. The van der Waals surface area contributed by atoms with Crippen LogP contribution in [0.25, 0.3) is 0 Å². The summed E-state index contributed by atoms with van der Waals surface area (Å²) in [5.74, 6) is -0.132. The third-order valence-corrected chi connectivity index (χ3v) is 3.74. The molecule has 0 aromatic heterocycles. The van der Waals surface area contributed by atoms with Crippen LogP contribution in [0.2, 0.25) is 0 Å². The number of hydrogen-bond acceptors (Lipinski definition) is 5. The maximum Gasteiger partial charge on any atom is 0.338 e. The second kappa shape index (κ2) is 7.46. The lowest BCUT2D eigenvalue weighted by Gasteiger charge is -2.35. The van der Waals surface area contributed by atoms with Gasteiger partial charge in [-0.05, 0) is 38.5 Å². The molecule has 1 aliphatic rings. The highest BCUT2D eigenvalue weighted by Crippen LogP contribution is 2.19. The number of amides is 1. The first-order valence-electron chi connectivity index (χ1n) is 7.65. The van der Waals surface area contributed by atoms with Gasteiger partial charge in [0, 0.05) is 13.1 Å². The van der Waals surface area contributed by atoms with Crippen LogP contribution in [0.15, 0.2) is 18.2 Å². The van der Waals surface area contributed by atoms with Crippen LogP contribution in [0.4, 0.5) is 0 Å². The Bertz CT molecular complexity index is 576. The summed E-state index contributed by atoms with van der Waals surface area (Å²) in [6, 6.07) is 5.05. The first kappa shape index (κ1) is 17.3. The zero-order valence-corrected chi connectivity index (χ0v) is 14.0. The van der Waals surface area contributed by atoms with Crippen molar-refractivity contribution in [1.82, 2.24) is 4.90 Å². The summed E-state index contributed by atoms with van der Waals surface area (Å²) in [4.78, 5) is 25.9. The molecule has 0 radical (unpaired) electrons. The SMILES string of the molecule is COc1cc(C(=O)OCC(=O)N2C[C@@H](C)O[C@H](C)C2)ccc1C. The van der Waals surface area contributed by atoms with E-state index in [1.165, 1.54) is 0 Å². The Kier molecular flexibility index (Phi) is 5.60. The Balaban J connectivity index is 1.92. The van der Waals surface area contributed by atoms with Crippen molar-refractivity contribution in [2.24, 2.45) is 0 Å². The second-order valence-electron chi connectivity index (χ2n) is 5.82. The molecule has 126 valence electrons. The fourth-order valence-corrected chi connectivity index (χ4v) is 2.63. The summed E-state index contributed by atoms with van der Waals surface area (Å²) in [7, 11) is 1.54. The van der Waals surface area contributed by atoms with Crippen molar-refractivity contribution in [1.29, 1.82) is 0 Å². The van der Waals surface area contributed by atoms with Gasteiger partial charge in [0.1, 0.15) is 5.75 Å². The molecule has 0 spiro atoms. The molecular formula is C17H23NO5. The lowest BCUT2D eigenvalue weighted by molar-refractivity contribution is -0.146. The number of esters is 1. The van der Waals surface area contributed by atoms with Crippen molar-refractivity contribution in [2.45, 2.75) is 33.0 Å². The molecule has 6 nitrogen and oxygen atoms in total. The molecule has 0 N–H and O–H groups in total. The molecule has 2 rings (SSSR count). The van der Waals surface area contributed by atoms with E-state index < -0.39 is 5.97 Å². The first-order chi connectivity index (χ1) is 10.9. The van der Waals surface area contributed by atoms with Gasteiger partial charge in [0.2, 0.25) is 0 Å². The van der Waals surface area contributed by atoms with E-state index in [2.05, 4.69) is 0 Å². The highest BCUT2D eigenvalue weighted by molar-refractivity contribution is 5.91. The van der Waals surface area contributed by atoms with E-state index in [0.717, 1.165) is 5.56 Å². The van der Waals surface area contributed by atoms with E-state index in [4.69, 9.17) is 14.2 Å². The number of benzene rings is 1. The van der Waals surface area contributed by atoms with Gasteiger partial charge in [-0.25, -0.2) is 4.79 Å². The van der Waals surface area contributed by atoms with Crippen LogP contribution in [0.3, 0.4) is 0 Å². The Hall–Kier alpha value is -2.08. The number of nitrogens with zero attached hydrogens (tertiary/aromatic N) is 1. The first-order valence-corrected chi connectivity index (χ1v) is 7.65. The number of ether oxygens (including phenoxy) is 3. The van der Waals surface area contributed by atoms with E-state index in [9.17, 15) is 9.59 Å². The number of carbonyl (C=O) groups is 2. The van der Waals surface area contributed by atoms with Crippen molar-refractivity contribution in [3.05, 3.63) is 29.3 Å². The van der Waals surface area contributed by atoms with E-state index in [1.807, 2.05) is 20.8 Å². The zero-order chi connectivity index (χ0) is 17.0. The average Bonchev–Trinajstić information content (AvgIpc) is 2.51. The summed E-state index contributed by atoms with van der Waals surface area (Å²) < 4.78 is 15.9. The highest BCUT2D eigenvalue weighted by Gasteiger charge is 2.26. The summed E-state index contributed by atoms with van der Waals surface area (Å²) in [5.41, 5.74) is 1.29. The smallest absolute Gasteiger partial charge is 0.338 e.